The Morgan fingerprint density at radius 2 is 2.24 bits per heavy atom. The zero-order chi connectivity index (χ0) is 12.3. The monoisotopic (exact) mass is 252 g/mol. The number of carbonyl (C=O) groups excluding carboxylic acids is 1. The molecule has 1 aromatic rings. The fourth-order valence-corrected chi connectivity index (χ4v) is 2.36. The van der Waals surface area contributed by atoms with Crippen LogP contribution in [0.5, 0.6) is 0 Å². The third-order valence-electron chi connectivity index (χ3n) is 3.13. The summed E-state index contributed by atoms with van der Waals surface area (Å²) in [4.78, 5) is 14.3. The van der Waals surface area contributed by atoms with Crippen LogP contribution >= 0.6 is 11.6 Å². The van der Waals surface area contributed by atoms with Gasteiger partial charge in [0.05, 0.1) is 16.6 Å². The Morgan fingerprint density at radius 1 is 1.47 bits per heavy atom. The smallest absolute Gasteiger partial charge is 0.228 e. The molecule has 1 aromatic carbocycles. The van der Waals surface area contributed by atoms with Crippen molar-refractivity contribution in [1.82, 2.24) is 4.90 Å². The van der Waals surface area contributed by atoms with E-state index in [1.54, 1.807) is 6.07 Å². The van der Waals surface area contributed by atoms with Gasteiger partial charge in [-0.3, -0.25) is 4.79 Å². The molecule has 1 saturated heterocycles. The number of carbonyl (C=O) groups is 1. The molecule has 0 aliphatic carbocycles. The number of hydrogen-bond donors (Lipinski definition) is 1. The predicted octanol–water partition coefficient (Wildman–Crippen LogP) is 2.62. The van der Waals surface area contributed by atoms with E-state index >= 15 is 0 Å². The van der Waals surface area contributed by atoms with Crippen molar-refractivity contribution in [3.63, 3.8) is 0 Å². The average molecular weight is 253 g/mol. The number of amides is 1. The summed E-state index contributed by atoms with van der Waals surface area (Å²) in [7, 11) is 2.05. The number of nitrogens with zero attached hydrogens (tertiary/aromatic N) is 1. The minimum Gasteiger partial charge on any atom is -0.324 e. The fourth-order valence-electron chi connectivity index (χ4n) is 2.18. The maximum Gasteiger partial charge on any atom is 0.228 e. The molecular formula is C13H17ClN2O. The minimum absolute atomic E-state index is 0.0738. The summed E-state index contributed by atoms with van der Waals surface area (Å²) >= 11 is 6.01. The number of nitrogens with one attached hydrogen (secondary N) is 1. The summed E-state index contributed by atoms with van der Waals surface area (Å²) in [6.45, 7) is 1.91. The first-order valence-corrected chi connectivity index (χ1v) is 6.28. The molecule has 0 radical (unpaired) electrons. The van der Waals surface area contributed by atoms with Crippen molar-refractivity contribution < 1.29 is 4.79 Å². The highest BCUT2D eigenvalue weighted by Crippen LogP contribution is 2.23. The third-order valence-corrected chi connectivity index (χ3v) is 3.46. The Kier molecular flexibility index (Phi) is 4.02. The van der Waals surface area contributed by atoms with E-state index in [1.807, 2.05) is 18.2 Å². The number of para-hydroxylation sites is 1. The van der Waals surface area contributed by atoms with Gasteiger partial charge in [0.2, 0.25) is 5.91 Å². The summed E-state index contributed by atoms with van der Waals surface area (Å²) in [5.74, 6) is 0.148. The lowest BCUT2D eigenvalue weighted by molar-refractivity contribution is -0.121. The summed E-state index contributed by atoms with van der Waals surface area (Å²) in [6, 6.07) is 7.33. The van der Waals surface area contributed by atoms with Gasteiger partial charge in [-0.05, 0) is 38.6 Å². The molecule has 1 N–H and O–H groups in total. The molecule has 0 unspecified atom stereocenters. The summed E-state index contributed by atoms with van der Waals surface area (Å²) in [6.07, 6.45) is 2.04. The molecule has 0 bridgehead atoms. The van der Waals surface area contributed by atoms with E-state index in [9.17, 15) is 4.79 Å². The second kappa shape index (κ2) is 5.52. The van der Waals surface area contributed by atoms with Gasteiger partial charge in [-0.15, -0.1) is 0 Å². The van der Waals surface area contributed by atoms with E-state index in [4.69, 9.17) is 11.6 Å². The van der Waals surface area contributed by atoms with Gasteiger partial charge in [0.15, 0.2) is 0 Å². The van der Waals surface area contributed by atoms with Crippen molar-refractivity contribution in [3.8, 4) is 0 Å². The maximum absolute atomic E-state index is 12.1. The van der Waals surface area contributed by atoms with Gasteiger partial charge in [-0.1, -0.05) is 23.7 Å². The van der Waals surface area contributed by atoms with Crippen LogP contribution in [0, 0.1) is 5.92 Å². The molecule has 17 heavy (non-hydrogen) atoms. The Balaban J connectivity index is 1.99. The van der Waals surface area contributed by atoms with Crippen LogP contribution in [-0.2, 0) is 4.79 Å². The van der Waals surface area contributed by atoms with Gasteiger partial charge in [0.1, 0.15) is 0 Å². The van der Waals surface area contributed by atoms with Gasteiger partial charge >= 0.3 is 0 Å². The first-order chi connectivity index (χ1) is 8.16. The zero-order valence-corrected chi connectivity index (χ0v) is 10.7. The van der Waals surface area contributed by atoms with E-state index in [2.05, 4.69) is 17.3 Å². The molecule has 2 rings (SSSR count). The molecule has 1 aliphatic rings. The van der Waals surface area contributed by atoms with Crippen LogP contribution in [0.1, 0.15) is 12.8 Å². The molecule has 0 aromatic heterocycles. The number of halogens is 1. The fraction of sp³-hybridized carbons (Fsp3) is 0.462. The summed E-state index contributed by atoms with van der Waals surface area (Å²) < 4.78 is 0. The van der Waals surface area contributed by atoms with Crippen LogP contribution in [0.25, 0.3) is 0 Å². The molecular weight excluding hydrogens is 236 g/mol. The Bertz CT molecular complexity index is 408. The topological polar surface area (TPSA) is 32.3 Å². The molecule has 0 spiro atoms. The largest absolute Gasteiger partial charge is 0.324 e. The van der Waals surface area contributed by atoms with Gasteiger partial charge in [-0.2, -0.15) is 0 Å². The Hall–Kier alpha value is -1.06. The van der Waals surface area contributed by atoms with E-state index in [-0.39, 0.29) is 11.8 Å². The number of hydrogen-bond acceptors (Lipinski definition) is 2. The molecule has 4 heteroatoms. The SMILES string of the molecule is CN1CCC[C@H](C(=O)Nc2ccccc2Cl)C1. The number of anilines is 1. The normalized spacial score (nSPS) is 21.2. The van der Waals surface area contributed by atoms with Crippen LogP contribution < -0.4 is 5.32 Å². The lowest BCUT2D eigenvalue weighted by Gasteiger charge is -2.28. The third kappa shape index (κ3) is 3.20. The quantitative estimate of drug-likeness (QED) is 0.878. The average Bonchev–Trinajstić information content (AvgIpc) is 2.32. The van der Waals surface area contributed by atoms with Crippen molar-refractivity contribution in [1.29, 1.82) is 0 Å². The number of piperidine rings is 1. The van der Waals surface area contributed by atoms with E-state index in [1.165, 1.54) is 0 Å². The Morgan fingerprint density at radius 3 is 2.94 bits per heavy atom. The highest BCUT2D eigenvalue weighted by molar-refractivity contribution is 6.33. The number of likely N-dealkylation sites (tertiary alicyclic amines) is 1. The predicted molar refractivity (Wildman–Crippen MR) is 70.3 cm³/mol. The lowest BCUT2D eigenvalue weighted by Crippen LogP contribution is -2.38. The second-order valence-electron chi connectivity index (χ2n) is 4.57. The summed E-state index contributed by atoms with van der Waals surface area (Å²) in [5, 5.41) is 3.49. The number of benzene rings is 1. The molecule has 1 fully saturated rings. The standard InChI is InChI=1S/C13H17ClN2O/c1-16-8-4-5-10(9-16)13(17)15-12-7-3-2-6-11(12)14/h2-3,6-7,10H,4-5,8-9H2,1H3,(H,15,17)/t10-/m0/s1. The highest BCUT2D eigenvalue weighted by atomic mass is 35.5. The van der Waals surface area contributed by atoms with E-state index < -0.39 is 0 Å². The van der Waals surface area contributed by atoms with Crippen LogP contribution in [0.4, 0.5) is 5.69 Å². The molecule has 0 saturated carbocycles. The number of rotatable bonds is 2. The van der Waals surface area contributed by atoms with E-state index in [0.29, 0.717) is 10.7 Å². The lowest BCUT2D eigenvalue weighted by atomic mass is 9.97. The van der Waals surface area contributed by atoms with Gasteiger partial charge in [0, 0.05) is 6.54 Å². The van der Waals surface area contributed by atoms with Crippen LogP contribution in [0.2, 0.25) is 5.02 Å². The molecule has 1 amide bonds. The first kappa shape index (κ1) is 12.4. The highest BCUT2D eigenvalue weighted by Gasteiger charge is 2.24. The molecule has 1 heterocycles. The summed E-state index contributed by atoms with van der Waals surface area (Å²) in [5.41, 5.74) is 0.701. The van der Waals surface area contributed by atoms with Gasteiger partial charge < -0.3 is 10.2 Å². The Labute approximate surface area is 107 Å². The van der Waals surface area contributed by atoms with Crippen molar-refractivity contribution in [2.45, 2.75) is 12.8 Å². The van der Waals surface area contributed by atoms with Crippen LogP contribution in [-0.4, -0.2) is 30.9 Å². The molecule has 1 atom stereocenters. The first-order valence-electron chi connectivity index (χ1n) is 5.91. The van der Waals surface area contributed by atoms with Gasteiger partial charge in [-0.25, -0.2) is 0 Å². The molecule has 1 aliphatic heterocycles. The van der Waals surface area contributed by atoms with Crippen molar-refractivity contribution >= 4 is 23.2 Å². The maximum atomic E-state index is 12.1. The van der Waals surface area contributed by atoms with E-state index in [0.717, 1.165) is 25.9 Å². The van der Waals surface area contributed by atoms with Crippen molar-refractivity contribution in [2.75, 3.05) is 25.5 Å². The van der Waals surface area contributed by atoms with Gasteiger partial charge in [0.25, 0.3) is 0 Å². The molecule has 3 nitrogen and oxygen atoms in total. The second-order valence-corrected chi connectivity index (χ2v) is 4.98. The minimum atomic E-state index is 0.0738. The van der Waals surface area contributed by atoms with Crippen molar-refractivity contribution in [2.24, 2.45) is 5.92 Å². The van der Waals surface area contributed by atoms with Crippen LogP contribution in [0.15, 0.2) is 24.3 Å². The van der Waals surface area contributed by atoms with Crippen molar-refractivity contribution in [3.05, 3.63) is 29.3 Å². The zero-order valence-electron chi connectivity index (χ0n) is 9.95. The molecule has 92 valence electrons. The van der Waals surface area contributed by atoms with Crippen LogP contribution in [0.3, 0.4) is 0 Å².